The van der Waals surface area contributed by atoms with Crippen LogP contribution in [-0.2, 0) is 28.8 Å². The van der Waals surface area contributed by atoms with Gasteiger partial charge in [-0.3, -0.25) is 9.00 Å². The summed E-state index contributed by atoms with van der Waals surface area (Å²) in [6.07, 6.45) is -0.982. The molecule has 0 saturated carbocycles. The van der Waals surface area contributed by atoms with Gasteiger partial charge in [0.1, 0.15) is 5.69 Å². The van der Waals surface area contributed by atoms with Gasteiger partial charge in [0.25, 0.3) is 0 Å². The topological polar surface area (TPSA) is 94.6 Å². The Kier molecular flexibility index (Phi) is 10.5. The van der Waals surface area contributed by atoms with E-state index < -0.39 is 29.1 Å². The van der Waals surface area contributed by atoms with Gasteiger partial charge in [-0.2, -0.15) is 13.2 Å². The number of hydrogen-bond acceptors (Lipinski definition) is 5. The molecule has 0 saturated heterocycles. The Hall–Kier alpha value is -2.66. The summed E-state index contributed by atoms with van der Waals surface area (Å²) in [6.45, 7) is 5.67. The minimum absolute atomic E-state index is 0.0480. The van der Waals surface area contributed by atoms with Crippen molar-refractivity contribution in [2.24, 2.45) is 0 Å². The highest BCUT2D eigenvalue weighted by atomic mass is 32.2. The molecule has 0 fully saturated rings. The molecule has 2 aromatic rings. The lowest BCUT2D eigenvalue weighted by Crippen LogP contribution is -2.28. The average Bonchev–Trinajstić information content (AvgIpc) is 2.81. The molecule has 35 heavy (non-hydrogen) atoms. The molecule has 0 aliphatic heterocycles. The lowest BCUT2D eigenvalue weighted by atomic mass is 9.97. The zero-order chi connectivity index (χ0) is 26.2. The summed E-state index contributed by atoms with van der Waals surface area (Å²) >= 11 is -2.42. The minimum atomic E-state index is -4.60. The maximum atomic E-state index is 13.1. The summed E-state index contributed by atoms with van der Waals surface area (Å²) in [5.74, 6) is -1.06. The number of rotatable bonds is 12. The van der Waals surface area contributed by atoms with Gasteiger partial charge in [-0.15, -0.1) is 0 Å². The fourth-order valence-corrected chi connectivity index (χ4v) is 3.82. The van der Waals surface area contributed by atoms with E-state index >= 15 is 0 Å². The molecule has 2 unspecified atom stereocenters. The molecule has 0 spiro atoms. The highest BCUT2D eigenvalue weighted by molar-refractivity contribution is 7.80. The largest absolute Gasteiger partial charge is 0.755 e. The molecule has 0 aliphatic rings. The van der Waals surface area contributed by atoms with Crippen molar-refractivity contribution in [3.8, 4) is 5.88 Å². The van der Waals surface area contributed by atoms with Crippen LogP contribution in [0.1, 0.15) is 67.8 Å². The van der Waals surface area contributed by atoms with Crippen molar-refractivity contribution in [3.63, 3.8) is 0 Å². The maximum absolute atomic E-state index is 13.1. The number of halogens is 3. The predicted molar refractivity (Wildman–Crippen MR) is 128 cm³/mol. The molecule has 7 nitrogen and oxygen atoms in total. The van der Waals surface area contributed by atoms with Crippen LogP contribution in [0.2, 0.25) is 0 Å². The summed E-state index contributed by atoms with van der Waals surface area (Å²) in [6, 6.07) is 7.15. The van der Waals surface area contributed by atoms with Gasteiger partial charge in [0.2, 0.25) is 11.8 Å². The lowest BCUT2D eigenvalue weighted by Gasteiger charge is -2.24. The first-order valence-corrected chi connectivity index (χ1v) is 12.4. The number of carbonyl (C=O) groups excluding carboxylic acids is 1. The van der Waals surface area contributed by atoms with E-state index in [0.29, 0.717) is 28.8 Å². The number of alkyl halides is 3. The molecule has 194 valence electrons. The number of carbonyl (C=O) groups is 1. The van der Waals surface area contributed by atoms with Gasteiger partial charge in [0, 0.05) is 30.4 Å². The number of anilines is 1. The zero-order valence-electron chi connectivity index (χ0n) is 20.3. The van der Waals surface area contributed by atoms with Gasteiger partial charge in [0.05, 0.1) is 18.2 Å². The monoisotopic (exact) mass is 514 g/mol. The van der Waals surface area contributed by atoms with E-state index in [-0.39, 0.29) is 24.9 Å². The molecule has 2 atom stereocenters. The predicted octanol–water partition coefficient (Wildman–Crippen LogP) is 5.02. The normalized spacial score (nSPS) is 13.3. The number of aromatic nitrogens is 1. The van der Waals surface area contributed by atoms with Crippen molar-refractivity contribution in [1.29, 1.82) is 0 Å². The Balaban J connectivity index is 2.11. The minimum Gasteiger partial charge on any atom is -0.755 e. The number of benzene rings is 1. The van der Waals surface area contributed by atoms with E-state index in [0.717, 1.165) is 29.6 Å². The van der Waals surface area contributed by atoms with Crippen LogP contribution < -0.4 is 14.4 Å². The third kappa shape index (κ3) is 8.21. The van der Waals surface area contributed by atoms with Crippen LogP contribution >= 0.6 is 0 Å². The third-order valence-electron chi connectivity index (χ3n) is 5.60. The van der Waals surface area contributed by atoms with Crippen molar-refractivity contribution in [3.05, 3.63) is 52.7 Å². The highest BCUT2D eigenvalue weighted by Crippen LogP contribution is 2.30. The first-order valence-electron chi connectivity index (χ1n) is 11.4. The highest BCUT2D eigenvalue weighted by Gasteiger charge is 2.33. The molecule has 1 aromatic heterocycles. The van der Waals surface area contributed by atoms with E-state index in [1.807, 2.05) is 0 Å². The van der Waals surface area contributed by atoms with E-state index in [1.54, 1.807) is 32.0 Å². The molecule has 0 aliphatic carbocycles. The van der Waals surface area contributed by atoms with Crippen LogP contribution in [0.3, 0.4) is 0 Å². The van der Waals surface area contributed by atoms with Crippen LogP contribution in [0.5, 0.6) is 5.88 Å². The van der Waals surface area contributed by atoms with E-state index in [9.17, 15) is 26.7 Å². The molecular formula is C24H31F3N3O4S-. The van der Waals surface area contributed by atoms with Gasteiger partial charge < -0.3 is 18.9 Å². The van der Waals surface area contributed by atoms with Crippen molar-refractivity contribution in [2.45, 2.75) is 65.1 Å². The summed E-state index contributed by atoms with van der Waals surface area (Å²) in [4.78, 5) is 16.4. The number of nitrogens with zero attached hydrogens (tertiary/aromatic N) is 2. The summed E-state index contributed by atoms with van der Waals surface area (Å²) in [7, 11) is 1.42. The molecule has 0 bridgehead atoms. The Morgan fingerprint density at radius 3 is 2.54 bits per heavy atom. The van der Waals surface area contributed by atoms with Crippen molar-refractivity contribution >= 4 is 22.9 Å². The van der Waals surface area contributed by atoms with Crippen LogP contribution in [0.15, 0.2) is 30.3 Å². The third-order valence-corrected chi connectivity index (χ3v) is 6.24. The fourth-order valence-electron chi connectivity index (χ4n) is 3.45. The van der Waals surface area contributed by atoms with Gasteiger partial charge in [-0.25, -0.2) is 4.98 Å². The van der Waals surface area contributed by atoms with Crippen molar-refractivity contribution in [1.82, 2.24) is 10.3 Å². The van der Waals surface area contributed by atoms with Crippen LogP contribution in [-0.4, -0.2) is 33.3 Å². The first-order chi connectivity index (χ1) is 16.5. The Bertz CT molecular complexity index is 1030. The Morgan fingerprint density at radius 1 is 1.23 bits per heavy atom. The van der Waals surface area contributed by atoms with Crippen molar-refractivity contribution < 1.29 is 31.5 Å². The molecule has 0 radical (unpaired) electrons. The summed E-state index contributed by atoms with van der Waals surface area (Å²) in [5.41, 5.74) is 1.14. The Labute approximate surface area is 206 Å². The second kappa shape index (κ2) is 12.9. The number of ether oxygens (including phenoxy) is 1. The van der Waals surface area contributed by atoms with E-state index in [1.165, 1.54) is 13.1 Å². The van der Waals surface area contributed by atoms with Crippen LogP contribution in [0.4, 0.5) is 18.9 Å². The van der Waals surface area contributed by atoms with Crippen LogP contribution in [0, 0.1) is 6.92 Å². The quantitative estimate of drug-likeness (QED) is 0.317. The maximum Gasteiger partial charge on any atom is 0.433 e. The number of hydrogen-bond donors (Lipinski definition) is 1. The second-order valence-electron chi connectivity index (χ2n) is 8.27. The van der Waals surface area contributed by atoms with Gasteiger partial charge >= 0.3 is 6.18 Å². The number of unbranched alkanes of at least 4 members (excludes halogenated alkanes) is 3. The van der Waals surface area contributed by atoms with E-state index in [4.69, 9.17) is 4.74 Å². The first kappa shape index (κ1) is 28.6. The van der Waals surface area contributed by atoms with Gasteiger partial charge in [0.15, 0.2) is 0 Å². The molecule has 11 heteroatoms. The fraction of sp³-hybridized carbons (Fsp3) is 0.500. The second-order valence-corrected chi connectivity index (χ2v) is 9.25. The molecule has 2 rings (SSSR count). The summed E-state index contributed by atoms with van der Waals surface area (Å²) in [5, 5.41) is 2.73. The zero-order valence-corrected chi connectivity index (χ0v) is 21.1. The van der Waals surface area contributed by atoms with Gasteiger partial charge in [-0.05, 0) is 49.6 Å². The lowest BCUT2D eigenvalue weighted by molar-refractivity contribution is -0.141. The SMILES string of the molecule is CCCCCCOc1nc(C(F)(F)F)ccc1CNC(=O)C(C)c1ccc(N(C)S(=O)[O-])c(C)c1. The number of aryl methyl sites for hydroxylation is 1. The van der Waals surface area contributed by atoms with Gasteiger partial charge in [-0.1, -0.05) is 38.3 Å². The molecule has 1 aromatic carbocycles. The number of pyridine rings is 1. The van der Waals surface area contributed by atoms with E-state index in [2.05, 4.69) is 17.2 Å². The smallest absolute Gasteiger partial charge is 0.433 e. The Morgan fingerprint density at radius 2 is 1.94 bits per heavy atom. The van der Waals surface area contributed by atoms with Crippen molar-refractivity contribution in [2.75, 3.05) is 18.0 Å². The molecule has 1 amide bonds. The number of amides is 1. The molecular weight excluding hydrogens is 483 g/mol. The summed E-state index contributed by atoms with van der Waals surface area (Å²) < 4.78 is 68.4. The molecule has 1 N–H and O–H groups in total. The average molecular weight is 515 g/mol. The van der Waals surface area contributed by atoms with Crippen LogP contribution in [0.25, 0.3) is 0 Å². The molecule has 1 heterocycles. The number of nitrogens with one attached hydrogen (secondary N) is 1. The standard InChI is InChI=1S/C24H32F3N3O4S/c1-5-6-7-8-13-34-23-19(10-12-21(29-23)24(25,26)27)15-28-22(31)17(3)18-9-11-20(16(2)14-18)30(4)35(32)33/h9-12,14,17H,5-8,13,15H2,1-4H3,(H,28,31)(H,32,33)/p-1.